The Balaban J connectivity index is 1.39. The van der Waals surface area contributed by atoms with E-state index >= 15 is 0 Å². The third-order valence-electron chi connectivity index (χ3n) is 6.06. The van der Waals surface area contributed by atoms with Crippen LogP contribution in [0.4, 0.5) is 0 Å². The Hall–Kier alpha value is -2.01. The van der Waals surface area contributed by atoms with E-state index in [9.17, 15) is 4.79 Å². The van der Waals surface area contributed by atoms with Crippen LogP contribution in [0.1, 0.15) is 37.7 Å². The highest BCUT2D eigenvalue weighted by molar-refractivity contribution is 5.69. The first-order valence-electron chi connectivity index (χ1n) is 9.64. The molecule has 4 rings (SSSR count). The normalized spacial score (nSPS) is 24.2. The van der Waals surface area contributed by atoms with Crippen molar-refractivity contribution in [1.82, 2.24) is 4.90 Å². The molecule has 1 atom stereocenters. The summed E-state index contributed by atoms with van der Waals surface area (Å²) in [6.45, 7) is 3.20. The zero-order valence-electron chi connectivity index (χ0n) is 15.2. The SMILES string of the molecule is O=C(O)CN1CCC2(CC1)COc1cc(OCC3CC=CCC3)ccc12. The lowest BCUT2D eigenvalue weighted by Crippen LogP contribution is -2.45. The van der Waals surface area contributed by atoms with Crippen molar-refractivity contribution in [2.45, 2.75) is 37.5 Å². The molecule has 3 aliphatic rings. The fraction of sp³-hybridized carbons (Fsp3) is 0.571. The van der Waals surface area contributed by atoms with E-state index in [1.807, 2.05) is 11.0 Å². The van der Waals surface area contributed by atoms with Crippen molar-refractivity contribution in [2.75, 3.05) is 32.8 Å². The second kappa shape index (κ2) is 7.31. The third-order valence-corrected chi connectivity index (χ3v) is 6.06. The molecule has 2 heterocycles. The number of aliphatic carboxylic acids is 1. The molecule has 1 unspecified atom stereocenters. The summed E-state index contributed by atoms with van der Waals surface area (Å²) in [4.78, 5) is 12.9. The molecule has 26 heavy (non-hydrogen) atoms. The highest BCUT2D eigenvalue weighted by Gasteiger charge is 2.43. The number of carbonyl (C=O) groups is 1. The van der Waals surface area contributed by atoms with Crippen molar-refractivity contribution in [2.24, 2.45) is 5.92 Å². The van der Waals surface area contributed by atoms with Crippen LogP contribution in [0.25, 0.3) is 0 Å². The van der Waals surface area contributed by atoms with Crippen LogP contribution in [-0.4, -0.2) is 48.8 Å². The number of piperidine rings is 1. The highest BCUT2D eigenvalue weighted by atomic mass is 16.5. The molecule has 0 saturated carbocycles. The predicted molar refractivity (Wildman–Crippen MR) is 98.9 cm³/mol. The summed E-state index contributed by atoms with van der Waals surface area (Å²) in [7, 11) is 0. The lowest BCUT2D eigenvalue weighted by Gasteiger charge is -2.37. The number of rotatable bonds is 5. The molecule has 2 aliphatic heterocycles. The van der Waals surface area contributed by atoms with Gasteiger partial charge in [0.2, 0.25) is 0 Å². The van der Waals surface area contributed by atoms with E-state index in [1.165, 1.54) is 12.0 Å². The number of likely N-dealkylation sites (tertiary alicyclic amines) is 1. The number of benzene rings is 1. The van der Waals surface area contributed by atoms with Gasteiger partial charge in [-0.15, -0.1) is 0 Å². The van der Waals surface area contributed by atoms with E-state index < -0.39 is 5.97 Å². The van der Waals surface area contributed by atoms with E-state index in [0.29, 0.717) is 12.5 Å². The Morgan fingerprint density at radius 3 is 2.88 bits per heavy atom. The van der Waals surface area contributed by atoms with Gasteiger partial charge in [0.15, 0.2) is 0 Å². The Kier molecular flexibility index (Phi) is 4.90. The summed E-state index contributed by atoms with van der Waals surface area (Å²) in [6.07, 6.45) is 9.86. The van der Waals surface area contributed by atoms with E-state index in [1.54, 1.807) is 0 Å². The lowest BCUT2D eigenvalue weighted by atomic mass is 9.74. The van der Waals surface area contributed by atoms with Crippen molar-refractivity contribution >= 4 is 5.97 Å². The molecule has 1 N–H and O–H groups in total. The number of allylic oxidation sites excluding steroid dienone is 2. The summed E-state index contributed by atoms with van der Waals surface area (Å²) in [5.41, 5.74) is 1.30. The quantitative estimate of drug-likeness (QED) is 0.820. The van der Waals surface area contributed by atoms with Crippen molar-refractivity contribution < 1.29 is 19.4 Å². The van der Waals surface area contributed by atoms with Crippen LogP contribution in [0.2, 0.25) is 0 Å². The van der Waals surface area contributed by atoms with Gasteiger partial charge in [0.05, 0.1) is 19.8 Å². The topological polar surface area (TPSA) is 59.0 Å². The smallest absolute Gasteiger partial charge is 0.317 e. The average Bonchev–Trinajstić information content (AvgIpc) is 3.00. The minimum atomic E-state index is -0.751. The Labute approximate surface area is 154 Å². The molecule has 1 aromatic carbocycles. The summed E-state index contributed by atoms with van der Waals surface area (Å²) in [6, 6.07) is 6.26. The lowest BCUT2D eigenvalue weighted by molar-refractivity contribution is -0.138. The first-order chi connectivity index (χ1) is 12.6. The fourth-order valence-corrected chi connectivity index (χ4v) is 4.41. The van der Waals surface area contributed by atoms with Crippen molar-refractivity contribution in [1.29, 1.82) is 0 Å². The molecule has 1 saturated heterocycles. The molecule has 1 aromatic rings. The van der Waals surface area contributed by atoms with Gasteiger partial charge < -0.3 is 14.6 Å². The Morgan fingerprint density at radius 1 is 1.31 bits per heavy atom. The molecule has 0 aromatic heterocycles. The number of nitrogens with zero attached hydrogens (tertiary/aromatic N) is 1. The van der Waals surface area contributed by atoms with Crippen LogP contribution in [0, 0.1) is 5.92 Å². The number of hydrogen-bond donors (Lipinski definition) is 1. The van der Waals surface area contributed by atoms with Gasteiger partial charge in [-0.3, -0.25) is 9.69 Å². The van der Waals surface area contributed by atoms with E-state index in [2.05, 4.69) is 24.3 Å². The molecule has 1 spiro atoms. The molecule has 140 valence electrons. The molecule has 0 amide bonds. The van der Waals surface area contributed by atoms with Crippen LogP contribution in [0.15, 0.2) is 30.4 Å². The van der Waals surface area contributed by atoms with Gasteiger partial charge in [-0.1, -0.05) is 18.2 Å². The maximum atomic E-state index is 10.9. The molecular weight excluding hydrogens is 330 g/mol. The zero-order chi connectivity index (χ0) is 18.0. The van der Waals surface area contributed by atoms with Crippen molar-refractivity contribution in [3.8, 4) is 11.5 Å². The Morgan fingerprint density at radius 2 is 2.15 bits per heavy atom. The number of carboxylic acid groups (broad SMARTS) is 1. The van der Waals surface area contributed by atoms with Crippen LogP contribution in [0.5, 0.6) is 11.5 Å². The highest BCUT2D eigenvalue weighted by Crippen LogP contribution is 2.46. The maximum absolute atomic E-state index is 10.9. The van der Waals surface area contributed by atoms with Gasteiger partial charge in [0.1, 0.15) is 11.5 Å². The number of fused-ring (bicyclic) bond motifs is 2. The van der Waals surface area contributed by atoms with Gasteiger partial charge in [-0.2, -0.15) is 0 Å². The van der Waals surface area contributed by atoms with Crippen LogP contribution >= 0.6 is 0 Å². The molecule has 5 heteroatoms. The first-order valence-corrected chi connectivity index (χ1v) is 9.64. The Bertz CT molecular complexity index is 691. The average molecular weight is 357 g/mol. The maximum Gasteiger partial charge on any atom is 0.317 e. The number of ether oxygens (including phenoxy) is 2. The number of carboxylic acids is 1. The monoisotopic (exact) mass is 357 g/mol. The summed E-state index contributed by atoms with van der Waals surface area (Å²) >= 11 is 0. The van der Waals surface area contributed by atoms with Gasteiger partial charge in [0.25, 0.3) is 0 Å². The van der Waals surface area contributed by atoms with Gasteiger partial charge in [-0.05, 0) is 57.2 Å². The van der Waals surface area contributed by atoms with Crippen LogP contribution < -0.4 is 9.47 Å². The molecule has 1 fully saturated rings. The van der Waals surface area contributed by atoms with Gasteiger partial charge in [-0.25, -0.2) is 0 Å². The third kappa shape index (κ3) is 3.58. The summed E-state index contributed by atoms with van der Waals surface area (Å²) < 4.78 is 12.0. The standard InChI is InChI=1S/C21H27NO4/c23-20(24)13-22-10-8-21(9-11-22)15-26-19-12-17(6-7-18(19)21)25-14-16-4-2-1-3-5-16/h1-2,6-7,12,16H,3-5,8-11,13-15H2,(H,23,24). The minimum absolute atomic E-state index is 0.0387. The summed E-state index contributed by atoms with van der Waals surface area (Å²) in [5, 5.41) is 8.97. The van der Waals surface area contributed by atoms with Crippen molar-refractivity contribution in [3.05, 3.63) is 35.9 Å². The van der Waals surface area contributed by atoms with Crippen LogP contribution in [0.3, 0.4) is 0 Å². The molecular formula is C21H27NO4. The largest absolute Gasteiger partial charge is 0.493 e. The molecule has 1 aliphatic carbocycles. The molecule has 0 radical (unpaired) electrons. The van der Waals surface area contributed by atoms with E-state index in [-0.39, 0.29) is 12.0 Å². The van der Waals surface area contributed by atoms with E-state index in [0.717, 1.165) is 56.9 Å². The van der Waals surface area contributed by atoms with E-state index in [4.69, 9.17) is 14.6 Å². The fourth-order valence-electron chi connectivity index (χ4n) is 4.41. The first kappa shape index (κ1) is 17.4. The van der Waals surface area contributed by atoms with Crippen LogP contribution in [-0.2, 0) is 10.2 Å². The second-order valence-corrected chi connectivity index (χ2v) is 7.86. The second-order valence-electron chi connectivity index (χ2n) is 7.86. The number of hydrogen-bond acceptors (Lipinski definition) is 4. The van der Waals surface area contributed by atoms with Gasteiger partial charge in [0, 0.05) is 17.0 Å². The van der Waals surface area contributed by atoms with Crippen molar-refractivity contribution in [3.63, 3.8) is 0 Å². The summed E-state index contributed by atoms with van der Waals surface area (Å²) in [5.74, 6) is 1.69. The molecule has 5 nitrogen and oxygen atoms in total. The predicted octanol–water partition coefficient (Wildman–Crippen LogP) is 3.23. The zero-order valence-corrected chi connectivity index (χ0v) is 15.2. The molecule has 0 bridgehead atoms. The minimum Gasteiger partial charge on any atom is -0.493 e. The van der Waals surface area contributed by atoms with Gasteiger partial charge >= 0.3 is 5.97 Å².